The summed E-state index contributed by atoms with van der Waals surface area (Å²) in [5, 5.41) is 3.63. The lowest BCUT2D eigenvalue weighted by atomic mass is 9.85. The minimum Gasteiger partial charge on any atom is -0.310 e. The molecular formula is C16H26ClNS. The number of hydrogen-bond donors (Lipinski definition) is 1. The standard InChI is InChI=1S/C16H26ClNS/c1-3-18-14(15-11-12(2)16(17)19-15)10-9-13-7-5-4-6-8-13/h11,13-14,18H,3-10H2,1-2H3. The van der Waals surface area contributed by atoms with Crippen LogP contribution in [0.1, 0.15) is 68.4 Å². The summed E-state index contributed by atoms with van der Waals surface area (Å²) in [6, 6.07) is 2.77. The minimum absolute atomic E-state index is 0.503. The third-order valence-corrected chi connectivity index (χ3v) is 5.93. The van der Waals surface area contributed by atoms with Crippen LogP contribution in [0.25, 0.3) is 0 Å². The van der Waals surface area contributed by atoms with Crippen LogP contribution < -0.4 is 5.32 Å². The average Bonchev–Trinajstić information content (AvgIpc) is 2.76. The third kappa shape index (κ3) is 4.47. The van der Waals surface area contributed by atoms with E-state index in [-0.39, 0.29) is 0 Å². The van der Waals surface area contributed by atoms with E-state index >= 15 is 0 Å². The van der Waals surface area contributed by atoms with Crippen molar-refractivity contribution in [3.8, 4) is 0 Å². The molecule has 0 aromatic carbocycles. The fourth-order valence-electron chi connectivity index (χ4n) is 3.12. The van der Waals surface area contributed by atoms with Crippen molar-refractivity contribution < 1.29 is 0 Å². The highest BCUT2D eigenvalue weighted by Crippen LogP contribution is 2.35. The lowest BCUT2D eigenvalue weighted by molar-refractivity contribution is 0.316. The summed E-state index contributed by atoms with van der Waals surface area (Å²) in [6.07, 6.45) is 9.86. The van der Waals surface area contributed by atoms with Gasteiger partial charge in [0.05, 0.1) is 4.34 Å². The molecule has 0 bridgehead atoms. The van der Waals surface area contributed by atoms with E-state index in [2.05, 4.69) is 25.2 Å². The van der Waals surface area contributed by atoms with Crippen molar-refractivity contribution >= 4 is 22.9 Å². The van der Waals surface area contributed by atoms with Crippen LogP contribution in [0.5, 0.6) is 0 Å². The number of hydrogen-bond acceptors (Lipinski definition) is 2. The monoisotopic (exact) mass is 299 g/mol. The first kappa shape index (κ1) is 15.3. The van der Waals surface area contributed by atoms with E-state index in [0.29, 0.717) is 6.04 Å². The van der Waals surface area contributed by atoms with Gasteiger partial charge in [-0.05, 0) is 43.9 Å². The second-order valence-corrected chi connectivity index (χ2v) is 7.48. The molecule has 1 atom stereocenters. The second-order valence-electron chi connectivity index (χ2n) is 5.80. The Balaban J connectivity index is 1.91. The summed E-state index contributed by atoms with van der Waals surface area (Å²) < 4.78 is 0.954. The first-order valence-electron chi connectivity index (χ1n) is 7.70. The van der Waals surface area contributed by atoms with Crippen LogP contribution in [0, 0.1) is 12.8 Å². The molecule has 0 saturated heterocycles. The molecule has 1 aromatic rings. The van der Waals surface area contributed by atoms with Crippen molar-refractivity contribution in [3.05, 3.63) is 20.8 Å². The maximum absolute atomic E-state index is 6.21. The smallest absolute Gasteiger partial charge is 0.0960 e. The molecule has 0 radical (unpaired) electrons. The Kier molecular flexibility index (Phi) is 6.18. The summed E-state index contributed by atoms with van der Waals surface area (Å²) in [6.45, 7) is 5.33. The highest BCUT2D eigenvalue weighted by molar-refractivity contribution is 7.16. The van der Waals surface area contributed by atoms with Crippen LogP contribution in [-0.2, 0) is 0 Å². The molecule has 1 aromatic heterocycles. The summed E-state index contributed by atoms with van der Waals surface area (Å²) in [4.78, 5) is 1.42. The molecule has 0 aliphatic heterocycles. The number of rotatable bonds is 6. The zero-order chi connectivity index (χ0) is 13.7. The Morgan fingerprint density at radius 1 is 1.37 bits per heavy atom. The van der Waals surface area contributed by atoms with E-state index in [1.54, 1.807) is 11.3 Å². The van der Waals surface area contributed by atoms with Crippen LogP contribution in [0.2, 0.25) is 4.34 Å². The Hall–Kier alpha value is -0.0500. The van der Waals surface area contributed by atoms with Crippen molar-refractivity contribution in [2.75, 3.05) is 6.54 Å². The Labute approximate surface area is 126 Å². The van der Waals surface area contributed by atoms with Crippen LogP contribution in [0.3, 0.4) is 0 Å². The van der Waals surface area contributed by atoms with Gasteiger partial charge in [-0.2, -0.15) is 0 Å². The van der Waals surface area contributed by atoms with Gasteiger partial charge < -0.3 is 5.32 Å². The van der Waals surface area contributed by atoms with E-state index in [0.717, 1.165) is 16.8 Å². The van der Waals surface area contributed by atoms with Gasteiger partial charge in [0.2, 0.25) is 0 Å². The van der Waals surface area contributed by atoms with Gasteiger partial charge in [-0.25, -0.2) is 0 Å². The van der Waals surface area contributed by atoms with Gasteiger partial charge in [0.15, 0.2) is 0 Å². The van der Waals surface area contributed by atoms with Crippen molar-refractivity contribution in [1.29, 1.82) is 0 Å². The highest BCUT2D eigenvalue weighted by Gasteiger charge is 2.18. The summed E-state index contributed by atoms with van der Waals surface area (Å²) in [7, 11) is 0. The van der Waals surface area contributed by atoms with Crippen LogP contribution in [-0.4, -0.2) is 6.54 Å². The van der Waals surface area contributed by atoms with Crippen molar-refractivity contribution in [1.82, 2.24) is 5.32 Å². The van der Waals surface area contributed by atoms with Gasteiger partial charge in [-0.3, -0.25) is 0 Å². The molecule has 1 unspecified atom stereocenters. The quantitative estimate of drug-likeness (QED) is 0.708. The largest absolute Gasteiger partial charge is 0.310 e. The van der Waals surface area contributed by atoms with E-state index in [9.17, 15) is 0 Å². The minimum atomic E-state index is 0.503. The molecule has 0 spiro atoms. The number of thiophene rings is 1. The zero-order valence-corrected chi connectivity index (χ0v) is 13.7. The van der Waals surface area contributed by atoms with E-state index in [1.807, 2.05) is 0 Å². The predicted octanol–water partition coefficient (Wildman–Crippen LogP) is 5.72. The van der Waals surface area contributed by atoms with E-state index in [1.165, 1.54) is 55.4 Å². The van der Waals surface area contributed by atoms with Gasteiger partial charge >= 0.3 is 0 Å². The maximum atomic E-state index is 6.21. The van der Waals surface area contributed by atoms with Crippen molar-refractivity contribution in [3.63, 3.8) is 0 Å². The van der Waals surface area contributed by atoms with Crippen LogP contribution in [0.4, 0.5) is 0 Å². The number of aryl methyl sites for hydroxylation is 1. The maximum Gasteiger partial charge on any atom is 0.0960 e. The molecule has 0 amide bonds. The van der Waals surface area contributed by atoms with Crippen LogP contribution >= 0.6 is 22.9 Å². The SMILES string of the molecule is CCNC(CCC1CCCCC1)c1cc(C)c(Cl)s1. The molecule has 1 saturated carbocycles. The van der Waals surface area contributed by atoms with Gasteiger partial charge in [-0.15, -0.1) is 11.3 Å². The second kappa shape index (κ2) is 7.66. The van der Waals surface area contributed by atoms with E-state index in [4.69, 9.17) is 11.6 Å². The first-order valence-corrected chi connectivity index (χ1v) is 8.89. The summed E-state index contributed by atoms with van der Waals surface area (Å²) in [5.74, 6) is 0.964. The Morgan fingerprint density at radius 3 is 2.68 bits per heavy atom. The summed E-state index contributed by atoms with van der Waals surface area (Å²) >= 11 is 7.97. The topological polar surface area (TPSA) is 12.0 Å². The molecule has 1 nitrogen and oxygen atoms in total. The average molecular weight is 300 g/mol. The molecule has 1 N–H and O–H groups in total. The molecule has 1 heterocycles. The Bertz CT molecular complexity index is 363. The lowest BCUT2D eigenvalue weighted by Crippen LogP contribution is -2.21. The normalized spacial score (nSPS) is 18.7. The molecule has 108 valence electrons. The Morgan fingerprint density at radius 2 is 2.11 bits per heavy atom. The fourth-order valence-corrected chi connectivity index (χ4v) is 4.45. The van der Waals surface area contributed by atoms with Gasteiger partial charge in [0.25, 0.3) is 0 Å². The molecule has 1 aliphatic rings. The van der Waals surface area contributed by atoms with Crippen molar-refractivity contribution in [2.24, 2.45) is 5.92 Å². The third-order valence-electron chi connectivity index (χ3n) is 4.26. The highest BCUT2D eigenvalue weighted by atomic mass is 35.5. The fraction of sp³-hybridized carbons (Fsp3) is 0.750. The molecular weight excluding hydrogens is 274 g/mol. The molecule has 1 aliphatic carbocycles. The van der Waals surface area contributed by atoms with Gasteiger partial charge in [0, 0.05) is 10.9 Å². The van der Waals surface area contributed by atoms with E-state index < -0.39 is 0 Å². The molecule has 2 rings (SSSR count). The first-order chi connectivity index (χ1) is 9.20. The van der Waals surface area contributed by atoms with Crippen molar-refractivity contribution in [2.45, 2.75) is 64.8 Å². The number of nitrogens with one attached hydrogen (secondary N) is 1. The zero-order valence-electron chi connectivity index (χ0n) is 12.2. The lowest BCUT2D eigenvalue weighted by Gasteiger charge is -2.24. The predicted molar refractivity (Wildman–Crippen MR) is 86.3 cm³/mol. The van der Waals surface area contributed by atoms with Gasteiger partial charge in [0.1, 0.15) is 0 Å². The van der Waals surface area contributed by atoms with Gasteiger partial charge in [-0.1, -0.05) is 50.6 Å². The summed E-state index contributed by atoms with van der Waals surface area (Å²) in [5.41, 5.74) is 1.22. The molecule has 1 fully saturated rings. The van der Waals surface area contributed by atoms with Crippen LogP contribution in [0.15, 0.2) is 6.07 Å². The molecule has 3 heteroatoms. The number of halogens is 1. The molecule has 19 heavy (non-hydrogen) atoms.